The smallest absolute Gasteiger partial charge is 0.269 e. The van der Waals surface area contributed by atoms with Crippen LogP contribution in [0.5, 0.6) is 5.75 Å². The fraction of sp³-hybridized carbons (Fsp3) is 0.333. The molecule has 0 atom stereocenters. The maximum absolute atomic E-state index is 11.6. The number of ether oxygens (including phenoxy) is 1. The van der Waals surface area contributed by atoms with Crippen LogP contribution >= 0.6 is 0 Å². The molecule has 0 saturated heterocycles. The second kappa shape index (κ2) is 5.89. The van der Waals surface area contributed by atoms with Crippen molar-refractivity contribution in [3.63, 3.8) is 0 Å². The van der Waals surface area contributed by atoms with Gasteiger partial charge in [-0.2, -0.15) is 0 Å². The largest absolute Gasteiger partial charge is 0.497 e. The van der Waals surface area contributed by atoms with Gasteiger partial charge in [-0.05, 0) is 24.3 Å². The van der Waals surface area contributed by atoms with Gasteiger partial charge in [-0.3, -0.25) is 20.4 Å². The Labute approximate surface area is 100 Å². The van der Waals surface area contributed by atoms with Crippen LogP contribution in [-0.4, -0.2) is 18.9 Å². The number of rotatable bonds is 3. The van der Waals surface area contributed by atoms with E-state index in [-0.39, 0.29) is 17.7 Å². The summed E-state index contributed by atoms with van der Waals surface area (Å²) < 4.78 is 4.98. The van der Waals surface area contributed by atoms with Crippen molar-refractivity contribution in [3.8, 4) is 5.75 Å². The molecule has 0 aliphatic heterocycles. The van der Waals surface area contributed by atoms with Gasteiger partial charge >= 0.3 is 0 Å². The number of nitrogens with one attached hydrogen (secondary N) is 2. The summed E-state index contributed by atoms with van der Waals surface area (Å²) in [6.45, 7) is 3.49. The van der Waals surface area contributed by atoms with Crippen molar-refractivity contribution in [3.05, 3.63) is 29.8 Å². The number of hydrogen-bond acceptors (Lipinski definition) is 3. The molecule has 0 aromatic heterocycles. The van der Waals surface area contributed by atoms with E-state index < -0.39 is 0 Å². The zero-order valence-corrected chi connectivity index (χ0v) is 10.1. The Morgan fingerprint density at radius 2 is 1.71 bits per heavy atom. The first-order valence-electron chi connectivity index (χ1n) is 5.29. The van der Waals surface area contributed by atoms with E-state index in [1.54, 1.807) is 45.2 Å². The number of hydrogen-bond donors (Lipinski definition) is 2. The topological polar surface area (TPSA) is 67.4 Å². The van der Waals surface area contributed by atoms with Crippen molar-refractivity contribution in [2.45, 2.75) is 13.8 Å². The Bertz CT molecular complexity index is 399. The summed E-state index contributed by atoms with van der Waals surface area (Å²) in [5.41, 5.74) is 5.13. The molecule has 1 rings (SSSR count). The van der Waals surface area contributed by atoms with Crippen molar-refractivity contribution in [1.29, 1.82) is 0 Å². The van der Waals surface area contributed by atoms with Crippen molar-refractivity contribution < 1.29 is 14.3 Å². The second-order valence-corrected chi connectivity index (χ2v) is 3.83. The average Bonchev–Trinajstić information content (AvgIpc) is 2.35. The monoisotopic (exact) mass is 236 g/mol. The van der Waals surface area contributed by atoms with E-state index in [0.29, 0.717) is 11.3 Å². The quantitative estimate of drug-likeness (QED) is 0.772. The third-order valence-electron chi connectivity index (χ3n) is 2.18. The highest BCUT2D eigenvalue weighted by atomic mass is 16.5. The number of carbonyl (C=O) groups excluding carboxylic acids is 2. The van der Waals surface area contributed by atoms with Gasteiger partial charge in [0, 0.05) is 11.5 Å². The Hall–Kier alpha value is -2.04. The SMILES string of the molecule is COc1ccc(C(=O)NNC(=O)C(C)C)cc1. The van der Waals surface area contributed by atoms with E-state index in [4.69, 9.17) is 4.74 Å². The molecule has 92 valence electrons. The highest BCUT2D eigenvalue weighted by Gasteiger charge is 2.09. The molecule has 1 aromatic carbocycles. The van der Waals surface area contributed by atoms with E-state index >= 15 is 0 Å². The van der Waals surface area contributed by atoms with Crippen LogP contribution in [0.15, 0.2) is 24.3 Å². The standard InChI is InChI=1S/C12H16N2O3/c1-8(2)11(15)13-14-12(16)9-4-6-10(17-3)7-5-9/h4-8H,1-3H3,(H,13,15)(H,14,16). The second-order valence-electron chi connectivity index (χ2n) is 3.83. The summed E-state index contributed by atoms with van der Waals surface area (Å²) in [7, 11) is 1.55. The number of methoxy groups -OCH3 is 1. The summed E-state index contributed by atoms with van der Waals surface area (Å²) >= 11 is 0. The zero-order valence-electron chi connectivity index (χ0n) is 10.1. The molecule has 0 bridgehead atoms. The minimum absolute atomic E-state index is 0.175. The minimum atomic E-state index is -0.360. The Morgan fingerprint density at radius 1 is 1.12 bits per heavy atom. The van der Waals surface area contributed by atoms with Crippen LogP contribution in [0.25, 0.3) is 0 Å². The molecule has 0 heterocycles. The molecule has 0 saturated carbocycles. The average molecular weight is 236 g/mol. The van der Waals surface area contributed by atoms with E-state index in [1.807, 2.05) is 0 Å². The van der Waals surface area contributed by atoms with Gasteiger partial charge in [0.05, 0.1) is 7.11 Å². The first kappa shape index (κ1) is 13.0. The van der Waals surface area contributed by atoms with Crippen LogP contribution in [0.2, 0.25) is 0 Å². The van der Waals surface area contributed by atoms with Crippen molar-refractivity contribution in [2.24, 2.45) is 5.92 Å². The van der Waals surface area contributed by atoms with Crippen LogP contribution < -0.4 is 15.6 Å². The molecule has 17 heavy (non-hydrogen) atoms. The number of carbonyl (C=O) groups is 2. The van der Waals surface area contributed by atoms with Gasteiger partial charge in [0.25, 0.3) is 5.91 Å². The summed E-state index contributed by atoms with van der Waals surface area (Å²) in [5, 5.41) is 0. The van der Waals surface area contributed by atoms with Crippen molar-refractivity contribution in [2.75, 3.05) is 7.11 Å². The van der Waals surface area contributed by atoms with Gasteiger partial charge in [-0.1, -0.05) is 13.8 Å². The lowest BCUT2D eigenvalue weighted by molar-refractivity contribution is -0.124. The molecule has 2 N–H and O–H groups in total. The lowest BCUT2D eigenvalue weighted by Gasteiger charge is -2.09. The van der Waals surface area contributed by atoms with Gasteiger partial charge in [0.2, 0.25) is 5.91 Å². The first-order chi connectivity index (χ1) is 8.04. The molecular weight excluding hydrogens is 220 g/mol. The summed E-state index contributed by atoms with van der Waals surface area (Å²) in [6, 6.07) is 6.60. The van der Waals surface area contributed by atoms with Gasteiger partial charge in [-0.15, -0.1) is 0 Å². The molecular formula is C12H16N2O3. The molecule has 1 aromatic rings. The van der Waals surface area contributed by atoms with Gasteiger partial charge in [-0.25, -0.2) is 0 Å². The third-order valence-corrected chi connectivity index (χ3v) is 2.18. The molecule has 0 fully saturated rings. The molecule has 0 unspecified atom stereocenters. The van der Waals surface area contributed by atoms with E-state index in [1.165, 1.54) is 0 Å². The molecule has 0 aliphatic carbocycles. The molecule has 0 spiro atoms. The fourth-order valence-electron chi connectivity index (χ4n) is 1.08. The van der Waals surface area contributed by atoms with Crippen molar-refractivity contribution >= 4 is 11.8 Å². The third kappa shape index (κ3) is 3.79. The van der Waals surface area contributed by atoms with Crippen LogP contribution in [-0.2, 0) is 4.79 Å². The summed E-state index contributed by atoms with van der Waals surface area (Å²) in [6.07, 6.45) is 0. The van der Waals surface area contributed by atoms with E-state index in [9.17, 15) is 9.59 Å². The highest BCUT2D eigenvalue weighted by molar-refractivity contribution is 5.95. The molecule has 0 radical (unpaired) electrons. The Kier molecular flexibility index (Phi) is 4.51. The minimum Gasteiger partial charge on any atom is -0.497 e. The maximum atomic E-state index is 11.6. The predicted octanol–water partition coefficient (Wildman–Crippen LogP) is 1.11. The van der Waals surface area contributed by atoms with E-state index in [2.05, 4.69) is 10.9 Å². The molecule has 5 heteroatoms. The number of hydrazine groups is 1. The van der Waals surface area contributed by atoms with E-state index in [0.717, 1.165) is 0 Å². The fourth-order valence-corrected chi connectivity index (χ4v) is 1.08. The molecule has 5 nitrogen and oxygen atoms in total. The van der Waals surface area contributed by atoms with Gasteiger partial charge in [0.1, 0.15) is 5.75 Å². The maximum Gasteiger partial charge on any atom is 0.269 e. The van der Waals surface area contributed by atoms with Crippen LogP contribution in [0.4, 0.5) is 0 Å². The van der Waals surface area contributed by atoms with Gasteiger partial charge < -0.3 is 4.74 Å². The predicted molar refractivity (Wildman–Crippen MR) is 63.4 cm³/mol. The van der Waals surface area contributed by atoms with Gasteiger partial charge in [0.15, 0.2) is 0 Å². The summed E-state index contributed by atoms with van der Waals surface area (Å²) in [5.74, 6) is -0.0903. The number of benzene rings is 1. The lowest BCUT2D eigenvalue weighted by atomic mass is 10.2. The summed E-state index contributed by atoms with van der Waals surface area (Å²) in [4.78, 5) is 22.8. The highest BCUT2D eigenvalue weighted by Crippen LogP contribution is 2.10. The molecule has 0 aliphatic rings. The normalized spacial score (nSPS) is 9.88. The van der Waals surface area contributed by atoms with Crippen LogP contribution in [0, 0.1) is 5.92 Å². The number of amides is 2. The van der Waals surface area contributed by atoms with Crippen LogP contribution in [0.1, 0.15) is 24.2 Å². The van der Waals surface area contributed by atoms with Crippen molar-refractivity contribution in [1.82, 2.24) is 10.9 Å². The van der Waals surface area contributed by atoms with Crippen LogP contribution in [0.3, 0.4) is 0 Å². The Balaban J connectivity index is 2.55. The molecule has 2 amide bonds. The lowest BCUT2D eigenvalue weighted by Crippen LogP contribution is -2.43. The first-order valence-corrected chi connectivity index (χ1v) is 5.29. The Morgan fingerprint density at radius 3 is 2.18 bits per heavy atom. The zero-order chi connectivity index (χ0) is 12.8.